The van der Waals surface area contributed by atoms with Crippen molar-refractivity contribution in [3.05, 3.63) is 53.6 Å². The Labute approximate surface area is 183 Å². The molecule has 7 nitrogen and oxygen atoms in total. The number of benzene rings is 2. The number of carbonyl (C=O) groups excluding carboxylic acids is 2. The van der Waals surface area contributed by atoms with E-state index >= 15 is 0 Å². The van der Waals surface area contributed by atoms with Crippen molar-refractivity contribution >= 4 is 17.6 Å². The molecule has 0 aliphatic carbocycles. The van der Waals surface area contributed by atoms with Crippen molar-refractivity contribution < 1.29 is 19.1 Å². The van der Waals surface area contributed by atoms with E-state index in [9.17, 15) is 9.59 Å². The summed E-state index contributed by atoms with van der Waals surface area (Å²) in [4.78, 5) is 27.7. The lowest BCUT2D eigenvalue weighted by molar-refractivity contribution is -0.132. The van der Waals surface area contributed by atoms with Crippen LogP contribution in [-0.4, -0.2) is 44.1 Å². The monoisotopic (exact) mass is 425 g/mol. The highest BCUT2D eigenvalue weighted by Crippen LogP contribution is 2.32. The lowest BCUT2D eigenvalue weighted by Crippen LogP contribution is -2.52. The summed E-state index contributed by atoms with van der Waals surface area (Å²) in [6.07, 6.45) is 1.50. The van der Waals surface area contributed by atoms with Gasteiger partial charge in [-0.1, -0.05) is 24.3 Å². The highest BCUT2D eigenvalue weighted by molar-refractivity contribution is 5.92. The Morgan fingerprint density at radius 2 is 1.90 bits per heavy atom. The van der Waals surface area contributed by atoms with Crippen molar-refractivity contribution in [3.8, 4) is 11.5 Å². The summed E-state index contributed by atoms with van der Waals surface area (Å²) >= 11 is 0. The van der Waals surface area contributed by atoms with Crippen LogP contribution in [0, 0.1) is 12.3 Å². The van der Waals surface area contributed by atoms with E-state index in [4.69, 9.17) is 9.47 Å². The van der Waals surface area contributed by atoms with Crippen molar-refractivity contribution in [1.29, 1.82) is 0 Å². The number of ether oxygens (including phenoxy) is 2. The SMILES string of the molecule is COc1ccc(OC)c(NC(=O)N2CCC[C@](C)(C(=O)NCc3ccccc3C)C2)c1. The number of aryl methyl sites for hydroxylation is 1. The number of nitrogens with zero attached hydrogens (tertiary/aromatic N) is 1. The molecule has 31 heavy (non-hydrogen) atoms. The molecular formula is C24H31N3O4. The van der Waals surface area contributed by atoms with Crippen LogP contribution >= 0.6 is 0 Å². The van der Waals surface area contributed by atoms with Crippen molar-refractivity contribution in [2.45, 2.75) is 33.2 Å². The molecule has 0 bridgehead atoms. The van der Waals surface area contributed by atoms with Crippen LogP contribution in [0.15, 0.2) is 42.5 Å². The van der Waals surface area contributed by atoms with Gasteiger partial charge in [-0.15, -0.1) is 0 Å². The molecule has 1 saturated heterocycles. The molecule has 3 amide bonds. The molecular weight excluding hydrogens is 394 g/mol. The first-order valence-electron chi connectivity index (χ1n) is 10.5. The van der Waals surface area contributed by atoms with Gasteiger partial charge in [-0.2, -0.15) is 0 Å². The Morgan fingerprint density at radius 1 is 1.13 bits per heavy atom. The van der Waals surface area contributed by atoms with Gasteiger partial charge in [0, 0.05) is 25.7 Å². The Morgan fingerprint density at radius 3 is 2.61 bits per heavy atom. The Bertz CT molecular complexity index is 946. The molecule has 2 aromatic carbocycles. The average Bonchev–Trinajstić information content (AvgIpc) is 2.78. The first-order valence-corrected chi connectivity index (χ1v) is 10.5. The number of methoxy groups -OCH3 is 2. The number of piperidine rings is 1. The first-order chi connectivity index (χ1) is 14.9. The number of anilines is 1. The lowest BCUT2D eigenvalue weighted by atomic mass is 9.81. The zero-order valence-corrected chi connectivity index (χ0v) is 18.7. The maximum atomic E-state index is 13.0. The largest absolute Gasteiger partial charge is 0.497 e. The summed E-state index contributed by atoms with van der Waals surface area (Å²) in [5.74, 6) is 1.13. The third-order valence-corrected chi connectivity index (χ3v) is 5.88. The fraction of sp³-hybridized carbons (Fsp3) is 0.417. The van der Waals surface area contributed by atoms with E-state index in [0.717, 1.165) is 24.0 Å². The van der Waals surface area contributed by atoms with Gasteiger partial charge < -0.3 is 25.0 Å². The van der Waals surface area contributed by atoms with Gasteiger partial charge in [0.15, 0.2) is 0 Å². The third kappa shape index (κ3) is 5.29. The van der Waals surface area contributed by atoms with E-state index in [1.165, 1.54) is 0 Å². The van der Waals surface area contributed by atoms with Gasteiger partial charge in [0.2, 0.25) is 5.91 Å². The maximum Gasteiger partial charge on any atom is 0.321 e. The number of nitrogens with one attached hydrogen (secondary N) is 2. The molecule has 2 aromatic rings. The number of amides is 3. The number of hydrogen-bond donors (Lipinski definition) is 2. The van der Waals surface area contributed by atoms with Crippen molar-refractivity contribution in [3.63, 3.8) is 0 Å². The van der Waals surface area contributed by atoms with Gasteiger partial charge >= 0.3 is 6.03 Å². The number of likely N-dealkylation sites (tertiary alicyclic amines) is 1. The van der Waals surface area contributed by atoms with Crippen molar-refractivity contribution in [2.24, 2.45) is 5.41 Å². The number of urea groups is 1. The van der Waals surface area contributed by atoms with E-state index in [1.807, 2.05) is 38.1 Å². The zero-order valence-electron chi connectivity index (χ0n) is 18.7. The molecule has 1 heterocycles. The minimum Gasteiger partial charge on any atom is -0.497 e. The van der Waals surface area contributed by atoms with Crippen LogP contribution in [0.4, 0.5) is 10.5 Å². The Balaban J connectivity index is 1.65. The Hall–Kier alpha value is -3.22. The summed E-state index contributed by atoms with van der Waals surface area (Å²) in [6.45, 7) is 5.38. The van der Waals surface area contributed by atoms with Crippen LogP contribution in [0.1, 0.15) is 30.9 Å². The van der Waals surface area contributed by atoms with Crippen molar-refractivity contribution in [1.82, 2.24) is 10.2 Å². The lowest BCUT2D eigenvalue weighted by Gasteiger charge is -2.39. The molecule has 0 radical (unpaired) electrons. The van der Waals surface area contributed by atoms with Crippen LogP contribution in [0.2, 0.25) is 0 Å². The molecule has 1 aliphatic rings. The standard InChI is InChI=1S/C24H31N3O4/c1-17-8-5-6-9-18(17)15-25-22(28)24(2)12-7-13-27(16-24)23(29)26-20-14-19(30-3)10-11-21(20)31-4/h5-6,8-11,14H,7,12-13,15-16H2,1-4H3,(H,25,28)(H,26,29)/t24-/m0/s1. The second-order valence-electron chi connectivity index (χ2n) is 8.19. The van der Waals surface area contributed by atoms with Crippen LogP contribution in [0.5, 0.6) is 11.5 Å². The summed E-state index contributed by atoms with van der Waals surface area (Å²) in [5.41, 5.74) is 2.12. The van der Waals surface area contributed by atoms with Gasteiger partial charge in [-0.25, -0.2) is 4.79 Å². The minimum absolute atomic E-state index is 0.0350. The van der Waals surface area contributed by atoms with Gasteiger partial charge in [-0.05, 0) is 49.9 Å². The van der Waals surface area contributed by atoms with E-state index in [-0.39, 0.29) is 11.9 Å². The fourth-order valence-corrected chi connectivity index (χ4v) is 3.90. The highest BCUT2D eigenvalue weighted by atomic mass is 16.5. The van der Waals surface area contributed by atoms with E-state index in [0.29, 0.717) is 36.8 Å². The number of rotatable bonds is 6. The predicted molar refractivity (Wildman–Crippen MR) is 121 cm³/mol. The fourth-order valence-electron chi connectivity index (χ4n) is 3.90. The maximum absolute atomic E-state index is 13.0. The van der Waals surface area contributed by atoms with E-state index in [2.05, 4.69) is 10.6 Å². The van der Waals surface area contributed by atoms with Gasteiger partial charge in [-0.3, -0.25) is 4.79 Å². The molecule has 166 valence electrons. The van der Waals surface area contributed by atoms with Crippen LogP contribution in [0.25, 0.3) is 0 Å². The topological polar surface area (TPSA) is 79.9 Å². The summed E-state index contributed by atoms with van der Waals surface area (Å²) < 4.78 is 10.6. The van der Waals surface area contributed by atoms with E-state index < -0.39 is 5.41 Å². The minimum atomic E-state index is -0.642. The molecule has 1 fully saturated rings. The molecule has 0 aromatic heterocycles. The normalized spacial score (nSPS) is 18.3. The second-order valence-corrected chi connectivity index (χ2v) is 8.19. The molecule has 3 rings (SSSR count). The Kier molecular flexibility index (Phi) is 7.05. The smallest absolute Gasteiger partial charge is 0.321 e. The van der Waals surface area contributed by atoms with Gasteiger partial charge in [0.05, 0.1) is 25.3 Å². The molecule has 0 unspecified atom stereocenters. The summed E-state index contributed by atoms with van der Waals surface area (Å²) in [5, 5.41) is 5.96. The van der Waals surface area contributed by atoms with Gasteiger partial charge in [0.25, 0.3) is 0 Å². The second kappa shape index (κ2) is 9.73. The quantitative estimate of drug-likeness (QED) is 0.734. The molecule has 1 aliphatic heterocycles. The summed E-state index contributed by atoms with van der Waals surface area (Å²) in [6, 6.07) is 13.0. The summed E-state index contributed by atoms with van der Waals surface area (Å²) in [7, 11) is 3.12. The number of carbonyl (C=O) groups is 2. The zero-order chi connectivity index (χ0) is 22.4. The van der Waals surface area contributed by atoms with Crippen LogP contribution < -0.4 is 20.1 Å². The van der Waals surface area contributed by atoms with Crippen LogP contribution in [0.3, 0.4) is 0 Å². The number of hydrogen-bond acceptors (Lipinski definition) is 4. The molecule has 0 saturated carbocycles. The van der Waals surface area contributed by atoms with E-state index in [1.54, 1.807) is 37.3 Å². The molecule has 7 heteroatoms. The molecule has 2 N–H and O–H groups in total. The average molecular weight is 426 g/mol. The predicted octanol–water partition coefficient (Wildman–Crippen LogP) is 3.96. The first kappa shape index (κ1) is 22.5. The van der Waals surface area contributed by atoms with Crippen LogP contribution in [-0.2, 0) is 11.3 Å². The van der Waals surface area contributed by atoms with Gasteiger partial charge in [0.1, 0.15) is 11.5 Å². The molecule has 0 spiro atoms. The van der Waals surface area contributed by atoms with Crippen molar-refractivity contribution in [2.75, 3.05) is 32.6 Å². The third-order valence-electron chi connectivity index (χ3n) is 5.88. The highest BCUT2D eigenvalue weighted by Gasteiger charge is 2.39. The molecule has 1 atom stereocenters.